The van der Waals surface area contributed by atoms with E-state index < -0.39 is 0 Å². The number of carbonyl (C=O) groups excluding carboxylic acids is 1. The van der Waals surface area contributed by atoms with Gasteiger partial charge >= 0.3 is 6.03 Å². The summed E-state index contributed by atoms with van der Waals surface area (Å²) in [6.45, 7) is 3.38. The molecule has 1 aromatic heterocycles. The van der Waals surface area contributed by atoms with Gasteiger partial charge in [-0.15, -0.1) is 0 Å². The summed E-state index contributed by atoms with van der Waals surface area (Å²) >= 11 is 0. The second kappa shape index (κ2) is 9.91. The maximum absolute atomic E-state index is 12.3. The fourth-order valence-corrected chi connectivity index (χ4v) is 3.21. The Morgan fingerprint density at radius 2 is 2.00 bits per heavy atom. The van der Waals surface area contributed by atoms with E-state index in [0.717, 1.165) is 18.7 Å². The molecular formula is C20H26N4O4. The number of ether oxygens (including phenoxy) is 3. The number of aromatic nitrogens is 1. The van der Waals surface area contributed by atoms with Gasteiger partial charge in [-0.1, -0.05) is 6.07 Å². The summed E-state index contributed by atoms with van der Waals surface area (Å²) in [6, 6.07) is 9.13. The number of methoxy groups -OCH3 is 2. The SMILES string of the molecule is COc1ccc([C@@H](CNC(=O)Nc2cccnc2)N2CCOCC2)cc1OC. The van der Waals surface area contributed by atoms with Gasteiger partial charge in [-0.25, -0.2) is 4.79 Å². The Morgan fingerprint density at radius 3 is 2.68 bits per heavy atom. The molecule has 0 aliphatic carbocycles. The summed E-state index contributed by atoms with van der Waals surface area (Å²) in [6.07, 6.45) is 3.27. The molecule has 2 amide bonds. The van der Waals surface area contributed by atoms with Crippen LogP contribution in [0.1, 0.15) is 11.6 Å². The summed E-state index contributed by atoms with van der Waals surface area (Å²) in [5.74, 6) is 1.34. The van der Waals surface area contributed by atoms with Gasteiger partial charge in [-0.2, -0.15) is 0 Å². The van der Waals surface area contributed by atoms with Gasteiger partial charge in [-0.3, -0.25) is 9.88 Å². The van der Waals surface area contributed by atoms with Gasteiger partial charge in [0.25, 0.3) is 0 Å². The van der Waals surface area contributed by atoms with Crippen molar-refractivity contribution in [1.82, 2.24) is 15.2 Å². The predicted molar refractivity (Wildman–Crippen MR) is 106 cm³/mol. The Kier molecular flexibility index (Phi) is 7.05. The topological polar surface area (TPSA) is 85.0 Å². The lowest BCUT2D eigenvalue weighted by atomic mass is 10.0. The van der Waals surface area contributed by atoms with Crippen LogP contribution in [0.15, 0.2) is 42.7 Å². The van der Waals surface area contributed by atoms with Crippen molar-refractivity contribution in [2.45, 2.75) is 6.04 Å². The van der Waals surface area contributed by atoms with Crippen molar-refractivity contribution in [2.75, 3.05) is 52.4 Å². The van der Waals surface area contributed by atoms with Crippen molar-refractivity contribution in [1.29, 1.82) is 0 Å². The van der Waals surface area contributed by atoms with E-state index in [-0.39, 0.29) is 12.1 Å². The average Bonchev–Trinajstić information content (AvgIpc) is 2.75. The first-order valence-corrected chi connectivity index (χ1v) is 9.20. The van der Waals surface area contributed by atoms with E-state index in [1.807, 2.05) is 18.2 Å². The number of hydrogen-bond donors (Lipinski definition) is 2. The third kappa shape index (κ3) is 5.11. The molecule has 8 nitrogen and oxygen atoms in total. The highest BCUT2D eigenvalue weighted by Crippen LogP contribution is 2.32. The molecule has 2 aromatic rings. The first-order valence-electron chi connectivity index (χ1n) is 9.20. The fraction of sp³-hybridized carbons (Fsp3) is 0.400. The summed E-state index contributed by atoms with van der Waals surface area (Å²) in [5, 5.41) is 5.75. The summed E-state index contributed by atoms with van der Waals surface area (Å²) in [5.41, 5.74) is 1.69. The van der Waals surface area contributed by atoms with Gasteiger partial charge in [0.1, 0.15) is 0 Å². The number of urea groups is 1. The molecule has 0 spiro atoms. The molecule has 3 rings (SSSR count). The first kappa shape index (κ1) is 19.9. The van der Waals surface area contributed by atoms with Gasteiger partial charge in [0.05, 0.1) is 45.4 Å². The first-order chi connectivity index (χ1) is 13.7. The molecule has 8 heteroatoms. The molecule has 2 heterocycles. The van der Waals surface area contributed by atoms with Crippen molar-refractivity contribution in [3.8, 4) is 11.5 Å². The molecule has 28 heavy (non-hydrogen) atoms. The van der Waals surface area contributed by atoms with Crippen LogP contribution in [-0.4, -0.2) is 63.0 Å². The number of hydrogen-bond acceptors (Lipinski definition) is 6. The van der Waals surface area contributed by atoms with E-state index in [0.29, 0.717) is 36.9 Å². The summed E-state index contributed by atoms with van der Waals surface area (Å²) < 4.78 is 16.3. The number of morpholine rings is 1. The quantitative estimate of drug-likeness (QED) is 0.760. The van der Waals surface area contributed by atoms with Crippen LogP contribution < -0.4 is 20.1 Å². The molecule has 1 fully saturated rings. The van der Waals surface area contributed by atoms with Crippen LogP contribution in [0.25, 0.3) is 0 Å². The molecule has 1 aromatic carbocycles. The van der Waals surface area contributed by atoms with E-state index in [2.05, 4.69) is 20.5 Å². The fourth-order valence-electron chi connectivity index (χ4n) is 3.21. The molecule has 0 saturated carbocycles. The van der Waals surface area contributed by atoms with Crippen molar-refractivity contribution >= 4 is 11.7 Å². The lowest BCUT2D eigenvalue weighted by Gasteiger charge is -2.35. The maximum atomic E-state index is 12.3. The number of pyridine rings is 1. The number of nitrogens with zero attached hydrogens (tertiary/aromatic N) is 2. The van der Waals surface area contributed by atoms with Crippen LogP contribution in [0, 0.1) is 0 Å². The summed E-state index contributed by atoms with van der Waals surface area (Å²) in [4.78, 5) is 18.6. The zero-order valence-electron chi connectivity index (χ0n) is 16.2. The highest BCUT2D eigenvalue weighted by atomic mass is 16.5. The van der Waals surface area contributed by atoms with Crippen molar-refractivity contribution in [2.24, 2.45) is 0 Å². The number of anilines is 1. The van der Waals surface area contributed by atoms with Crippen LogP contribution in [-0.2, 0) is 4.74 Å². The smallest absolute Gasteiger partial charge is 0.319 e. The molecule has 150 valence electrons. The van der Waals surface area contributed by atoms with Gasteiger partial charge < -0.3 is 24.8 Å². The van der Waals surface area contributed by atoms with E-state index in [4.69, 9.17) is 14.2 Å². The van der Waals surface area contributed by atoms with Crippen molar-refractivity contribution < 1.29 is 19.0 Å². The third-order valence-corrected chi connectivity index (χ3v) is 4.65. The number of carbonyl (C=O) groups is 1. The largest absolute Gasteiger partial charge is 0.493 e. The molecule has 1 aliphatic rings. The van der Waals surface area contributed by atoms with Gasteiger partial charge in [0.15, 0.2) is 11.5 Å². The van der Waals surface area contributed by atoms with Crippen LogP contribution in [0.2, 0.25) is 0 Å². The van der Waals surface area contributed by atoms with E-state index >= 15 is 0 Å². The van der Waals surface area contributed by atoms with Crippen LogP contribution in [0.4, 0.5) is 10.5 Å². The number of nitrogens with one attached hydrogen (secondary N) is 2. The Labute approximate surface area is 164 Å². The Morgan fingerprint density at radius 1 is 1.21 bits per heavy atom. The van der Waals surface area contributed by atoms with Gasteiger partial charge in [0.2, 0.25) is 0 Å². The minimum Gasteiger partial charge on any atom is -0.493 e. The predicted octanol–water partition coefficient (Wildman–Crippen LogP) is 2.29. The van der Waals surface area contributed by atoms with E-state index in [9.17, 15) is 4.79 Å². The standard InChI is InChI=1S/C20H26N4O4/c1-26-18-6-5-15(12-19(18)27-2)17(24-8-10-28-11-9-24)14-22-20(25)23-16-4-3-7-21-13-16/h3-7,12-13,17H,8-11,14H2,1-2H3,(H2,22,23,25)/t17-/m1/s1. The minimum absolute atomic E-state index is 0.0108. The van der Waals surface area contributed by atoms with E-state index in [1.165, 1.54) is 0 Å². The van der Waals surface area contributed by atoms with Gasteiger partial charge in [0, 0.05) is 25.8 Å². The Bertz CT molecular complexity index is 766. The second-order valence-electron chi connectivity index (χ2n) is 6.36. The van der Waals surface area contributed by atoms with Crippen LogP contribution in [0.5, 0.6) is 11.5 Å². The van der Waals surface area contributed by atoms with Crippen molar-refractivity contribution in [3.05, 3.63) is 48.3 Å². The third-order valence-electron chi connectivity index (χ3n) is 4.65. The molecule has 0 unspecified atom stereocenters. The van der Waals surface area contributed by atoms with Crippen molar-refractivity contribution in [3.63, 3.8) is 0 Å². The molecule has 0 bridgehead atoms. The minimum atomic E-state index is -0.272. The Balaban J connectivity index is 1.73. The monoisotopic (exact) mass is 386 g/mol. The highest BCUT2D eigenvalue weighted by Gasteiger charge is 2.24. The number of benzene rings is 1. The zero-order chi connectivity index (χ0) is 19.8. The van der Waals surface area contributed by atoms with Crippen LogP contribution >= 0.6 is 0 Å². The number of amides is 2. The Hall–Kier alpha value is -2.84. The highest BCUT2D eigenvalue weighted by molar-refractivity contribution is 5.88. The number of rotatable bonds is 7. The van der Waals surface area contributed by atoms with Gasteiger partial charge in [-0.05, 0) is 29.8 Å². The molecular weight excluding hydrogens is 360 g/mol. The molecule has 2 N–H and O–H groups in total. The lowest BCUT2D eigenvalue weighted by molar-refractivity contribution is 0.0167. The molecule has 0 radical (unpaired) electrons. The second-order valence-corrected chi connectivity index (χ2v) is 6.36. The average molecular weight is 386 g/mol. The summed E-state index contributed by atoms with van der Waals surface area (Å²) in [7, 11) is 3.23. The lowest BCUT2D eigenvalue weighted by Crippen LogP contribution is -2.44. The molecule has 1 atom stereocenters. The zero-order valence-corrected chi connectivity index (χ0v) is 16.2. The van der Waals surface area contributed by atoms with Crippen LogP contribution in [0.3, 0.4) is 0 Å². The normalized spacial score (nSPS) is 15.5. The molecule has 1 aliphatic heterocycles. The van der Waals surface area contributed by atoms with E-state index in [1.54, 1.807) is 38.7 Å². The maximum Gasteiger partial charge on any atom is 0.319 e. The molecule has 1 saturated heterocycles.